The summed E-state index contributed by atoms with van der Waals surface area (Å²) in [6.45, 7) is 1.59. The largest absolute Gasteiger partial charge is 0.389 e. The van der Waals surface area contributed by atoms with Crippen LogP contribution in [-0.2, 0) is 16.9 Å². The van der Waals surface area contributed by atoms with Gasteiger partial charge in [-0.1, -0.05) is 18.5 Å². The molecule has 3 unspecified atom stereocenters. The molecule has 2 saturated carbocycles. The van der Waals surface area contributed by atoms with Gasteiger partial charge in [-0.05, 0) is 55.7 Å². The summed E-state index contributed by atoms with van der Waals surface area (Å²) in [6.07, 6.45) is 2.23. The summed E-state index contributed by atoms with van der Waals surface area (Å²) in [5.74, 6) is -0.742. The van der Waals surface area contributed by atoms with E-state index in [0.29, 0.717) is 37.1 Å². The van der Waals surface area contributed by atoms with Crippen molar-refractivity contribution >= 4 is 38.9 Å². The number of nitrogens with two attached hydrogens (primary N) is 1. The fourth-order valence-corrected chi connectivity index (χ4v) is 6.91. The maximum atomic E-state index is 13.4. The van der Waals surface area contributed by atoms with Crippen LogP contribution < -0.4 is 11.1 Å². The van der Waals surface area contributed by atoms with E-state index >= 15 is 0 Å². The van der Waals surface area contributed by atoms with E-state index in [9.17, 15) is 22.7 Å². The minimum Gasteiger partial charge on any atom is -0.389 e. The number of anilines is 2. The number of halogens is 2. The zero-order valence-corrected chi connectivity index (χ0v) is 20.1. The number of carbonyl (C=O) groups is 1. The van der Waals surface area contributed by atoms with Crippen molar-refractivity contribution in [3.63, 3.8) is 0 Å². The van der Waals surface area contributed by atoms with Crippen LogP contribution in [-0.4, -0.2) is 46.3 Å². The number of nitrogens with zero attached hydrogens (tertiary/aromatic N) is 2. The third kappa shape index (κ3) is 4.74. The predicted molar refractivity (Wildman–Crippen MR) is 124 cm³/mol. The van der Waals surface area contributed by atoms with Crippen molar-refractivity contribution in [3.8, 4) is 0 Å². The average molecular weight is 499 g/mol. The second-order valence-electron chi connectivity index (χ2n) is 9.35. The van der Waals surface area contributed by atoms with Crippen molar-refractivity contribution in [1.82, 2.24) is 9.78 Å². The second-order valence-corrected chi connectivity index (χ2v) is 12.1. The second kappa shape index (κ2) is 8.56. The highest BCUT2D eigenvalue weighted by Gasteiger charge is 2.51. The van der Waals surface area contributed by atoms with Crippen LogP contribution in [0.2, 0.25) is 5.02 Å². The van der Waals surface area contributed by atoms with Crippen molar-refractivity contribution in [2.24, 2.45) is 18.9 Å². The first-order chi connectivity index (χ1) is 15.4. The first kappa shape index (κ1) is 24.0. The lowest BCUT2D eigenvalue weighted by Gasteiger charge is -2.24. The quantitative estimate of drug-likeness (QED) is 0.561. The molecule has 1 amide bonds. The molecule has 1 aromatic heterocycles. The van der Waals surface area contributed by atoms with Gasteiger partial charge in [-0.3, -0.25) is 9.48 Å². The molecule has 0 bridgehead atoms. The van der Waals surface area contributed by atoms with Crippen molar-refractivity contribution < 1.29 is 22.7 Å². The van der Waals surface area contributed by atoms with Crippen LogP contribution in [0, 0.1) is 17.7 Å². The minimum absolute atomic E-state index is 0.0121. The van der Waals surface area contributed by atoms with Gasteiger partial charge in [0.2, 0.25) is 0 Å². The molecule has 1 heterocycles. The Morgan fingerprint density at radius 2 is 2.00 bits per heavy atom. The standard InChI is InChI=1S/C22H28ClFN4O4S/c1-3-33(31,32)11-22(30)9-13-6-12(7-14(13)10-22)19-18(20(25)28(2)27-19)21(29)26-15-4-5-17(24)16(23)8-15/h4-5,8,12-14,30H,3,6-7,9-11,25H2,1-2H3,(H,26,29)/t12?,13-,14?,22?/m1/s1. The molecular formula is C22H28ClFN4O4S. The Labute approximate surface area is 197 Å². The van der Waals surface area contributed by atoms with Crippen LogP contribution in [0.5, 0.6) is 0 Å². The highest BCUT2D eigenvalue weighted by atomic mass is 35.5. The Morgan fingerprint density at radius 1 is 1.36 bits per heavy atom. The summed E-state index contributed by atoms with van der Waals surface area (Å²) in [5.41, 5.74) is 6.17. The minimum atomic E-state index is -3.28. The van der Waals surface area contributed by atoms with Gasteiger partial charge in [0.05, 0.1) is 22.1 Å². The zero-order valence-electron chi connectivity index (χ0n) is 18.5. The summed E-state index contributed by atoms with van der Waals surface area (Å²) in [7, 11) is -1.62. The normalized spacial score (nSPS) is 27.0. The van der Waals surface area contributed by atoms with Gasteiger partial charge in [-0.2, -0.15) is 5.10 Å². The molecule has 0 saturated heterocycles. The number of carbonyl (C=O) groups excluding carboxylic acids is 1. The summed E-state index contributed by atoms with van der Waals surface area (Å²) in [6, 6.07) is 3.91. The lowest BCUT2D eigenvalue weighted by molar-refractivity contribution is 0.0612. The number of aromatic nitrogens is 2. The van der Waals surface area contributed by atoms with Gasteiger partial charge in [-0.25, -0.2) is 12.8 Å². The number of aryl methyl sites for hydroxylation is 1. The Hall–Kier alpha value is -2.17. The Bertz CT molecular complexity index is 1190. The van der Waals surface area contributed by atoms with Crippen LogP contribution in [0.15, 0.2) is 18.2 Å². The van der Waals surface area contributed by atoms with E-state index in [1.54, 1.807) is 14.0 Å². The van der Waals surface area contributed by atoms with Crippen LogP contribution >= 0.6 is 11.6 Å². The first-order valence-electron chi connectivity index (χ1n) is 10.9. The van der Waals surface area contributed by atoms with E-state index in [1.807, 2.05) is 0 Å². The Balaban J connectivity index is 1.52. The lowest BCUT2D eigenvalue weighted by Crippen LogP contribution is -2.35. The lowest BCUT2D eigenvalue weighted by atomic mass is 9.92. The van der Waals surface area contributed by atoms with E-state index in [2.05, 4.69) is 10.4 Å². The van der Waals surface area contributed by atoms with Gasteiger partial charge >= 0.3 is 0 Å². The number of benzene rings is 1. The van der Waals surface area contributed by atoms with Crippen LogP contribution in [0.1, 0.15) is 54.6 Å². The molecule has 0 spiro atoms. The van der Waals surface area contributed by atoms with Gasteiger partial charge in [-0.15, -0.1) is 0 Å². The highest BCUT2D eigenvalue weighted by molar-refractivity contribution is 7.91. The Morgan fingerprint density at radius 3 is 2.58 bits per heavy atom. The number of sulfone groups is 1. The van der Waals surface area contributed by atoms with Gasteiger partial charge in [0, 0.05) is 24.4 Å². The molecule has 2 aromatic rings. The van der Waals surface area contributed by atoms with E-state index < -0.39 is 27.2 Å². The third-order valence-corrected chi connectivity index (χ3v) is 9.11. The highest BCUT2D eigenvalue weighted by Crippen LogP contribution is 2.54. The molecule has 11 heteroatoms. The number of nitrogens with one attached hydrogen (secondary N) is 1. The maximum absolute atomic E-state index is 13.4. The SMILES string of the molecule is CCS(=O)(=O)CC1(O)CC2CC(c3nn(C)c(N)c3C(=O)Nc3ccc(F)c(Cl)c3)C[C@@H]2C1. The number of hydrogen-bond acceptors (Lipinski definition) is 6. The fraction of sp³-hybridized carbons (Fsp3) is 0.545. The number of fused-ring (bicyclic) bond motifs is 1. The number of aliphatic hydroxyl groups is 1. The molecule has 1 aromatic carbocycles. The summed E-state index contributed by atoms with van der Waals surface area (Å²) < 4.78 is 39.0. The number of hydrogen-bond donors (Lipinski definition) is 3. The number of amides is 1. The van der Waals surface area contributed by atoms with Crippen molar-refractivity contribution in [2.75, 3.05) is 22.6 Å². The summed E-state index contributed by atoms with van der Waals surface area (Å²) >= 11 is 5.81. The molecule has 4 rings (SSSR count). The fourth-order valence-electron chi connectivity index (χ4n) is 5.47. The molecule has 180 valence electrons. The molecule has 2 aliphatic rings. The molecule has 0 aliphatic heterocycles. The molecule has 8 nitrogen and oxygen atoms in total. The Kier molecular flexibility index (Phi) is 6.22. The topological polar surface area (TPSA) is 127 Å². The first-order valence-corrected chi connectivity index (χ1v) is 13.1. The predicted octanol–water partition coefficient (Wildman–Crippen LogP) is 3.12. The summed E-state index contributed by atoms with van der Waals surface area (Å²) in [4.78, 5) is 13.1. The van der Waals surface area contributed by atoms with Gasteiger partial charge in [0.15, 0.2) is 9.84 Å². The molecule has 2 fully saturated rings. The summed E-state index contributed by atoms with van der Waals surface area (Å²) in [5, 5.41) is 18.0. The van der Waals surface area contributed by atoms with Crippen molar-refractivity contribution in [1.29, 1.82) is 0 Å². The molecule has 4 atom stereocenters. The smallest absolute Gasteiger partial charge is 0.261 e. The van der Waals surface area contributed by atoms with E-state index in [-0.39, 0.29) is 45.7 Å². The molecular weight excluding hydrogens is 471 g/mol. The van der Waals surface area contributed by atoms with Crippen LogP contribution in [0.25, 0.3) is 0 Å². The van der Waals surface area contributed by atoms with Crippen LogP contribution in [0.3, 0.4) is 0 Å². The van der Waals surface area contributed by atoms with E-state index in [1.165, 1.54) is 22.9 Å². The third-order valence-electron chi connectivity index (χ3n) is 6.96. The molecule has 0 radical (unpaired) electrons. The van der Waals surface area contributed by atoms with Gasteiger partial charge in [0.1, 0.15) is 17.2 Å². The van der Waals surface area contributed by atoms with E-state index in [4.69, 9.17) is 17.3 Å². The van der Waals surface area contributed by atoms with Crippen molar-refractivity contribution in [2.45, 2.75) is 44.1 Å². The average Bonchev–Trinajstić information content (AvgIpc) is 3.33. The van der Waals surface area contributed by atoms with E-state index in [0.717, 1.165) is 0 Å². The number of nitrogen functional groups attached to an aromatic ring is 1. The monoisotopic (exact) mass is 498 g/mol. The zero-order chi connectivity index (χ0) is 24.1. The van der Waals surface area contributed by atoms with Gasteiger partial charge < -0.3 is 16.2 Å². The maximum Gasteiger partial charge on any atom is 0.261 e. The molecule has 33 heavy (non-hydrogen) atoms. The molecule has 2 aliphatic carbocycles. The van der Waals surface area contributed by atoms with Crippen molar-refractivity contribution in [3.05, 3.63) is 40.3 Å². The number of rotatable bonds is 6. The van der Waals surface area contributed by atoms with Gasteiger partial charge in [0.25, 0.3) is 5.91 Å². The molecule has 4 N–H and O–H groups in total. The van der Waals surface area contributed by atoms with Crippen LogP contribution in [0.4, 0.5) is 15.9 Å².